The number of piperidine rings is 1. The number of rotatable bonds is 3. The predicted molar refractivity (Wildman–Crippen MR) is 87.6 cm³/mol. The van der Waals surface area contributed by atoms with Crippen LogP contribution in [0.1, 0.15) is 59.4 Å². The molecule has 1 aliphatic rings. The van der Waals surface area contributed by atoms with Crippen LogP contribution in [0.5, 0.6) is 0 Å². The van der Waals surface area contributed by atoms with Crippen molar-refractivity contribution >= 4 is 5.69 Å². The normalized spacial score (nSPS) is 25.6. The van der Waals surface area contributed by atoms with Crippen molar-refractivity contribution in [3.8, 4) is 0 Å². The standard InChI is InChI=1S/C18H30N2/c1-6-15-11-12-17(2,3)20(18(15,4)5)13-14-7-9-16(19)10-8-14/h7-10,15H,6,11-13,19H2,1-5H3. The van der Waals surface area contributed by atoms with Gasteiger partial charge < -0.3 is 5.73 Å². The molecule has 2 heteroatoms. The number of likely N-dealkylation sites (tertiary alicyclic amines) is 1. The van der Waals surface area contributed by atoms with Gasteiger partial charge in [0.1, 0.15) is 0 Å². The number of hydrogen-bond acceptors (Lipinski definition) is 2. The molecule has 0 saturated carbocycles. The highest BCUT2D eigenvalue weighted by Gasteiger charge is 2.45. The molecule has 2 nitrogen and oxygen atoms in total. The van der Waals surface area contributed by atoms with Gasteiger partial charge in [-0.3, -0.25) is 4.90 Å². The van der Waals surface area contributed by atoms with Crippen LogP contribution in [0, 0.1) is 5.92 Å². The maximum atomic E-state index is 5.80. The first kappa shape index (κ1) is 15.4. The van der Waals surface area contributed by atoms with Gasteiger partial charge in [0, 0.05) is 23.3 Å². The van der Waals surface area contributed by atoms with E-state index in [9.17, 15) is 0 Å². The summed E-state index contributed by atoms with van der Waals surface area (Å²) in [5.74, 6) is 0.782. The van der Waals surface area contributed by atoms with Gasteiger partial charge in [0.2, 0.25) is 0 Å². The molecule has 112 valence electrons. The van der Waals surface area contributed by atoms with E-state index in [1.165, 1.54) is 24.8 Å². The molecule has 1 atom stereocenters. The second kappa shape index (κ2) is 5.40. The number of benzene rings is 1. The van der Waals surface area contributed by atoms with Gasteiger partial charge in [-0.15, -0.1) is 0 Å². The smallest absolute Gasteiger partial charge is 0.0314 e. The largest absolute Gasteiger partial charge is 0.399 e. The van der Waals surface area contributed by atoms with Crippen molar-refractivity contribution in [2.45, 2.75) is 71.5 Å². The van der Waals surface area contributed by atoms with Gasteiger partial charge in [0.05, 0.1) is 0 Å². The second-order valence-corrected chi connectivity index (χ2v) is 7.44. The number of nitrogen functional groups attached to an aromatic ring is 1. The van der Waals surface area contributed by atoms with Crippen LogP contribution in [0.15, 0.2) is 24.3 Å². The molecule has 0 radical (unpaired) electrons. The second-order valence-electron chi connectivity index (χ2n) is 7.44. The van der Waals surface area contributed by atoms with Crippen LogP contribution in [0.2, 0.25) is 0 Å². The van der Waals surface area contributed by atoms with Gasteiger partial charge in [-0.2, -0.15) is 0 Å². The first-order chi connectivity index (χ1) is 9.27. The molecular formula is C18H30N2. The van der Waals surface area contributed by atoms with Crippen LogP contribution >= 0.6 is 0 Å². The van der Waals surface area contributed by atoms with E-state index < -0.39 is 0 Å². The summed E-state index contributed by atoms with van der Waals surface area (Å²) in [5.41, 5.74) is 8.51. The molecule has 1 heterocycles. The molecule has 0 spiro atoms. The SMILES string of the molecule is CCC1CCC(C)(C)N(Cc2ccc(N)cc2)C1(C)C. The van der Waals surface area contributed by atoms with Crippen molar-refractivity contribution in [2.75, 3.05) is 5.73 Å². The molecule has 0 aromatic heterocycles. The molecule has 20 heavy (non-hydrogen) atoms. The topological polar surface area (TPSA) is 29.3 Å². The molecule has 1 fully saturated rings. The fourth-order valence-corrected chi connectivity index (χ4v) is 3.94. The highest BCUT2D eigenvalue weighted by atomic mass is 15.3. The Morgan fingerprint density at radius 1 is 1.15 bits per heavy atom. The maximum absolute atomic E-state index is 5.80. The molecule has 0 amide bonds. The summed E-state index contributed by atoms with van der Waals surface area (Å²) < 4.78 is 0. The minimum absolute atomic E-state index is 0.248. The van der Waals surface area contributed by atoms with Crippen LogP contribution < -0.4 is 5.73 Å². The zero-order chi connectivity index (χ0) is 15.0. The lowest BCUT2D eigenvalue weighted by Gasteiger charge is -2.57. The van der Waals surface area contributed by atoms with Crippen molar-refractivity contribution in [3.63, 3.8) is 0 Å². The Kier molecular flexibility index (Phi) is 4.15. The van der Waals surface area contributed by atoms with Gasteiger partial charge in [-0.05, 0) is 64.2 Å². The van der Waals surface area contributed by atoms with E-state index in [-0.39, 0.29) is 11.1 Å². The first-order valence-corrected chi connectivity index (χ1v) is 7.89. The van der Waals surface area contributed by atoms with Crippen molar-refractivity contribution in [1.29, 1.82) is 0 Å². The fourth-order valence-electron chi connectivity index (χ4n) is 3.94. The van der Waals surface area contributed by atoms with Crippen LogP contribution in [-0.2, 0) is 6.54 Å². The Morgan fingerprint density at radius 2 is 1.75 bits per heavy atom. The van der Waals surface area contributed by atoms with E-state index in [2.05, 4.69) is 51.7 Å². The Balaban J connectivity index is 2.26. The van der Waals surface area contributed by atoms with Crippen molar-refractivity contribution in [3.05, 3.63) is 29.8 Å². The molecule has 1 aromatic carbocycles. The van der Waals surface area contributed by atoms with E-state index in [1.54, 1.807) is 0 Å². The quantitative estimate of drug-likeness (QED) is 0.825. The summed E-state index contributed by atoms with van der Waals surface area (Å²) in [5, 5.41) is 0. The molecular weight excluding hydrogens is 244 g/mol. The minimum atomic E-state index is 0.248. The zero-order valence-electron chi connectivity index (χ0n) is 13.7. The lowest BCUT2D eigenvalue weighted by molar-refractivity contribution is -0.0726. The lowest BCUT2D eigenvalue weighted by Crippen LogP contribution is -2.61. The van der Waals surface area contributed by atoms with Crippen molar-refractivity contribution < 1.29 is 0 Å². The first-order valence-electron chi connectivity index (χ1n) is 7.89. The van der Waals surface area contributed by atoms with Crippen molar-refractivity contribution in [1.82, 2.24) is 4.90 Å². The molecule has 1 aromatic rings. The van der Waals surface area contributed by atoms with Crippen molar-refractivity contribution in [2.24, 2.45) is 5.92 Å². The average molecular weight is 274 g/mol. The lowest BCUT2D eigenvalue weighted by atomic mass is 9.71. The zero-order valence-corrected chi connectivity index (χ0v) is 13.7. The van der Waals surface area contributed by atoms with Gasteiger partial charge in [-0.1, -0.05) is 25.5 Å². The Bertz CT molecular complexity index is 445. The number of anilines is 1. The fraction of sp³-hybridized carbons (Fsp3) is 0.667. The third-order valence-electron chi connectivity index (χ3n) is 5.34. The summed E-state index contributed by atoms with van der Waals surface area (Å²) in [6.45, 7) is 12.9. The molecule has 1 saturated heterocycles. The van der Waals surface area contributed by atoms with Gasteiger partial charge in [0.15, 0.2) is 0 Å². The number of nitrogens with two attached hydrogens (primary N) is 1. The number of hydrogen-bond donors (Lipinski definition) is 1. The highest BCUT2D eigenvalue weighted by Crippen LogP contribution is 2.44. The van der Waals surface area contributed by atoms with E-state index in [1.807, 2.05) is 12.1 Å². The summed E-state index contributed by atoms with van der Waals surface area (Å²) in [6, 6.07) is 8.35. The Hall–Kier alpha value is -1.02. The monoisotopic (exact) mass is 274 g/mol. The van der Waals surface area contributed by atoms with Gasteiger partial charge in [0.25, 0.3) is 0 Å². The van der Waals surface area contributed by atoms with E-state index in [4.69, 9.17) is 5.73 Å². The summed E-state index contributed by atoms with van der Waals surface area (Å²) >= 11 is 0. The maximum Gasteiger partial charge on any atom is 0.0314 e. The molecule has 0 bridgehead atoms. The summed E-state index contributed by atoms with van der Waals surface area (Å²) in [7, 11) is 0. The number of nitrogens with zero attached hydrogens (tertiary/aromatic N) is 1. The molecule has 1 aliphatic heterocycles. The molecule has 0 aliphatic carbocycles. The average Bonchev–Trinajstić information content (AvgIpc) is 2.36. The van der Waals surface area contributed by atoms with E-state index >= 15 is 0 Å². The molecule has 2 rings (SSSR count). The van der Waals surface area contributed by atoms with E-state index in [0.717, 1.165) is 18.2 Å². The van der Waals surface area contributed by atoms with Crippen LogP contribution in [0.4, 0.5) is 5.69 Å². The van der Waals surface area contributed by atoms with Crippen LogP contribution in [0.3, 0.4) is 0 Å². The van der Waals surface area contributed by atoms with E-state index in [0.29, 0.717) is 0 Å². The highest BCUT2D eigenvalue weighted by molar-refractivity contribution is 5.39. The Morgan fingerprint density at radius 3 is 2.30 bits per heavy atom. The predicted octanol–water partition coefficient (Wildman–Crippen LogP) is 4.45. The summed E-state index contributed by atoms with van der Waals surface area (Å²) in [4.78, 5) is 2.70. The molecule has 2 N–H and O–H groups in total. The minimum Gasteiger partial charge on any atom is -0.399 e. The third kappa shape index (κ3) is 2.85. The van der Waals surface area contributed by atoms with Gasteiger partial charge in [-0.25, -0.2) is 0 Å². The third-order valence-corrected chi connectivity index (χ3v) is 5.34. The Labute approximate surface area is 124 Å². The molecule has 1 unspecified atom stereocenters. The summed E-state index contributed by atoms with van der Waals surface area (Å²) in [6.07, 6.45) is 3.89. The van der Waals surface area contributed by atoms with Crippen LogP contribution in [-0.4, -0.2) is 16.0 Å². The van der Waals surface area contributed by atoms with Gasteiger partial charge >= 0.3 is 0 Å². The van der Waals surface area contributed by atoms with Crippen LogP contribution in [0.25, 0.3) is 0 Å².